The molecular formula is C14H14ClNO3. The summed E-state index contributed by atoms with van der Waals surface area (Å²) in [5.74, 6) is 0.165. The maximum Gasteiger partial charge on any atom is 0.289 e. The lowest BCUT2D eigenvalue weighted by Gasteiger charge is -2.28. The van der Waals surface area contributed by atoms with E-state index < -0.39 is 0 Å². The second-order valence-corrected chi connectivity index (χ2v) is 5.20. The lowest BCUT2D eigenvalue weighted by atomic mass is 10.1. The first-order valence-corrected chi connectivity index (χ1v) is 6.68. The Kier molecular flexibility index (Phi) is 3.21. The van der Waals surface area contributed by atoms with Gasteiger partial charge in [-0.1, -0.05) is 23.7 Å². The number of aliphatic hydroxyl groups is 1. The Morgan fingerprint density at radius 1 is 1.37 bits per heavy atom. The van der Waals surface area contributed by atoms with Crippen molar-refractivity contribution in [3.8, 4) is 0 Å². The van der Waals surface area contributed by atoms with Crippen molar-refractivity contribution in [2.75, 3.05) is 13.1 Å². The molecule has 2 aromatic rings. The molecular weight excluding hydrogens is 266 g/mol. The molecule has 1 N–H and O–H groups in total. The SMILES string of the molecule is O=C(c1cc2cccc(Cl)c2o1)N1CCC(O)CC1. The van der Waals surface area contributed by atoms with Crippen LogP contribution in [-0.2, 0) is 0 Å². The lowest BCUT2D eigenvalue weighted by Crippen LogP contribution is -2.39. The summed E-state index contributed by atoms with van der Waals surface area (Å²) in [7, 11) is 0. The van der Waals surface area contributed by atoms with E-state index in [1.165, 1.54) is 0 Å². The Balaban J connectivity index is 1.87. The molecule has 3 rings (SSSR count). The van der Waals surface area contributed by atoms with Crippen molar-refractivity contribution >= 4 is 28.5 Å². The third-order valence-corrected chi connectivity index (χ3v) is 3.76. The van der Waals surface area contributed by atoms with Gasteiger partial charge in [0.2, 0.25) is 0 Å². The summed E-state index contributed by atoms with van der Waals surface area (Å²) >= 11 is 6.03. The van der Waals surface area contributed by atoms with Crippen molar-refractivity contribution < 1.29 is 14.3 Å². The highest BCUT2D eigenvalue weighted by atomic mass is 35.5. The number of fused-ring (bicyclic) bond motifs is 1. The highest BCUT2D eigenvalue weighted by molar-refractivity contribution is 6.34. The molecule has 0 spiro atoms. The average Bonchev–Trinajstić information content (AvgIpc) is 2.84. The monoisotopic (exact) mass is 279 g/mol. The van der Waals surface area contributed by atoms with Gasteiger partial charge < -0.3 is 14.4 Å². The highest BCUT2D eigenvalue weighted by Gasteiger charge is 2.24. The molecule has 0 radical (unpaired) electrons. The number of halogens is 1. The maximum absolute atomic E-state index is 12.3. The molecule has 1 saturated heterocycles. The van der Waals surface area contributed by atoms with Crippen LogP contribution in [0.2, 0.25) is 5.02 Å². The second-order valence-electron chi connectivity index (χ2n) is 4.79. The van der Waals surface area contributed by atoms with Gasteiger partial charge >= 0.3 is 0 Å². The smallest absolute Gasteiger partial charge is 0.289 e. The van der Waals surface area contributed by atoms with Crippen molar-refractivity contribution in [2.24, 2.45) is 0 Å². The van der Waals surface area contributed by atoms with E-state index in [-0.39, 0.29) is 12.0 Å². The lowest BCUT2D eigenvalue weighted by molar-refractivity contribution is 0.0522. The van der Waals surface area contributed by atoms with Crippen LogP contribution in [0, 0.1) is 0 Å². The topological polar surface area (TPSA) is 53.7 Å². The number of amides is 1. The predicted octanol–water partition coefficient (Wildman–Crippen LogP) is 2.68. The summed E-state index contributed by atoms with van der Waals surface area (Å²) < 4.78 is 5.56. The Hall–Kier alpha value is -1.52. The number of furan rings is 1. The van der Waals surface area contributed by atoms with Crippen molar-refractivity contribution in [1.29, 1.82) is 0 Å². The number of likely N-dealkylation sites (tertiary alicyclic amines) is 1. The standard InChI is InChI=1S/C14H14ClNO3/c15-11-3-1-2-9-8-12(19-13(9)11)14(18)16-6-4-10(17)5-7-16/h1-3,8,10,17H,4-7H2. The molecule has 0 unspecified atom stereocenters. The molecule has 0 aliphatic carbocycles. The zero-order valence-corrected chi connectivity index (χ0v) is 11.1. The molecule has 0 saturated carbocycles. The molecule has 1 fully saturated rings. The number of piperidine rings is 1. The molecule has 1 aliphatic rings. The van der Waals surface area contributed by atoms with Gasteiger partial charge in [-0.05, 0) is 25.0 Å². The van der Waals surface area contributed by atoms with Gasteiger partial charge in [0.1, 0.15) is 0 Å². The van der Waals surface area contributed by atoms with E-state index >= 15 is 0 Å². The van der Waals surface area contributed by atoms with Crippen LogP contribution < -0.4 is 0 Å². The number of carbonyl (C=O) groups excluding carboxylic acids is 1. The Morgan fingerprint density at radius 3 is 2.79 bits per heavy atom. The first-order chi connectivity index (χ1) is 9.15. The van der Waals surface area contributed by atoms with Gasteiger partial charge in [-0.25, -0.2) is 0 Å². The fourth-order valence-electron chi connectivity index (χ4n) is 2.36. The fraction of sp³-hybridized carbons (Fsp3) is 0.357. The van der Waals surface area contributed by atoms with Crippen molar-refractivity contribution in [2.45, 2.75) is 18.9 Å². The summed E-state index contributed by atoms with van der Waals surface area (Å²) in [6.45, 7) is 1.12. The van der Waals surface area contributed by atoms with Crippen molar-refractivity contribution in [3.05, 3.63) is 35.0 Å². The van der Waals surface area contributed by atoms with Gasteiger partial charge in [-0.3, -0.25) is 4.79 Å². The number of carbonyl (C=O) groups is 1. The normalized spacial score (nSPS) is 17.1. The number of benzene rings is 1. The number of para-hydroxylation sites is 1. The molecule has 1 aliphatic heterocycles. The third kappa shape index (κ3) is 2.33. The molecule has 2 heterocycles. The van der Waals surface area contributed by atoms with E-state index in [0.717, 1.165) is 5.39 Å². The zero-order valence-electron chi connectivity index (χ0n) is 10.3. The number of nitrogens with zero attached hydrogens (tertiary/aromatic N) is 1. The molecule has 100 valence electrons. The van der Waals surface area contributed by atoms with Gasteiger partial charge in [-0.2, -0.15) is 0 Å². The summed E-state index contributed by atoms with van der Waals surface area (Å²) in [6, 6.07) is 7.14. The van der Waals surface area contributed by atoms with Crippen molar-refractivity contribution in [3.63, 3.8) is 0 Å². The van der Waals surface area contributed by atoms with Gasteiger partial charge in [0.15, 0.2) is 11.3 Å². The van der Waals surface area contributed by atoms with E-state index in [2.05, 4.69) is 0 Å². The van der Waals surface area contributed by atoms with Gasteiger partial charge in [-0.15, -0.1) is 0 Å². The van der Waals surface area contributed by atoms with Crippen LogP contribution in [0.4, 0.5) is 0 Å². The molecule has 19 heavy (non-hydrogen) atoms. The van der Waals surface area contributed by atoms with Crippen LogP contribution in [0.25, 0.3) is 11.0 Å². The highest BCUT2D eigenvalue weighted by Crippen LogP contribution is 2.27. The fourth-order valence-corrected chi connectivity index (χ4v) is 2.58. The van der Waals surface area contributed by atoms with Crippen LogP contribution in [0.1, 0.15) is 23.4 Å². The van der Waals surface area contributed by atoms with E-state index in [0.29, 0.717) is 42.3 Å². The summed E-state index contributed by atoms with van der Waals surface area (Å²) in [4.78, 5) is 14.0. The Bertz CT molecular complexity index is 614. The van der Waals surface area contributed by atoms with Gasteiger partial charge in [0.25, 0.3) is 5.91 Å². The molecule has 0 atom stereocenters. The summed E-state index contributed by atoms with van der Waals surface area (Å²) in [5, 5.41) is 10.8. The number of rotatable bonds is 1. The van der Waals surface area contributed by atoms with E-state index in [1.54, 1.807) is 17.0 Å². The summed E-state index contributed by atoms with van der Waals surface area (Å²) in [5.41, 5.74) is 0.546. The maximum atomic E-state index is 12.3. The minimum atomic E-state index is -0.297. The second kappa shape index (κ2) is 4.87. The molecule has 1 aromatic heterocycles. The predicted molar refractivity (Wildman–Crippen MR) is 72.4 cm³/mol. The quantitative estimate of drug-likeness (QED) is 0.873. The molecule has 1 amide bonds. The largest absolute Gasteiger partial charge is 0.449 e. The molecule has 5 heteroatoms. The number of hydrogen-bond acceptors (Lipinski definition) is 3. The van der Waals surface area contributed by atoms with Crippen LogP contribution >= 0.6 is 11.6 Å². The van der Waals surface area contributed by atoms with E-state index in [4.69, 9.17) is 16.0 Å². The van der Waals surface area contributed by atoms with Crippen molar-refractivity contribution in [1.82, 2.24) is 4.90 Å². The van der Waals surface area contributed by atoms with Crippen LogP contribution in [0.5, 0.6) is 0 Å². The number of hydrogen-bond donors (Lipinski definition) is 1. The van der Waals surface area contributed by atoms with Gasteiger partial charge in [0, 0.05) is 18.5 Å². The Labute approximate surface area is 115 Å². The minimum absolute atomic E-state index is 0.140. The van der Waals surface area contributed by atoms with E-state index in [1.807, 2.05) is 12.1 Å². The third-order valence-electron chi connectivity index (χ3n) is 3.46. The average molecular weight is 280 g/mol. The van der Waals surface area contributed by atoms with Gasteiger partial charge in [0.05, 0.1) is 11.1 Å². The number of aliphatic hydroxyl groups excluding tert-OH is 1. The van der Waals surface area contributed by atoms with Crippen LogP contribution in [-0.4, -0.2) is 35.1 Å². The molecule has 4 nitrogen and oxygen atoms in total. The van der Waals surface area contributed by atoms with E-state index in [9.17, 15) is 9.90 Å². The van der Waals surface area contributed by atoms with Crippen LogP contribution in [0.15, 0.2) is 28.7 Å². The minimum Gasteiger partial charge on any atom is -0.449 e. The summed E-state index contributed by atoms with van der Waals surface area (Å²) in [6.07, 6.45) is 0.938. The first-order valence-electron chi connectivity index (χ1n) is 6.30. The zero-order chi connectivity index (χ0) is 13.4. The first kappa shape index (κ1) is 12.5. The Morgan fingerprint density at radius 2 is 2.11 bits per heavy atom. The molecule has 0 bridgehead atoms. The van der Waals surface area contributed by atoms with Crippen LogP contribution in [0.3, 0.4) is 0 Å². The molecule has 1 aromatic carbocycles.